The van der Waals surface area contributed by atoms with Crippen LogP contribution in [0.4, 0.5) is 0 Å². The number of carbonyl (C=O) groups is 1. The van der Waals surface area contributed by atoms with Crippen LogP contribution in [0.3, 0.4) is 0 Å². The summed E-state index contributed by atoms with van der Waals surface area (Å²) in [6, 6.07) is 0. The topological polar surface area (TPSA) is 43.1 Å². The largest absolute Gasteiger partial charge is 0.369 e. The van der Waals surface area contributed by atoms with Crippen LogP contribution in [-0.2, 0) is 4.79 Å². The summed E-state index contributed by atoms with van der Waals surface area (Å²) in [4.78, 5) is 10.4. The standard InChI is InChI=1S/C6H11NO.C2H6/c7-6(8)5-3-1-2-4-5;1-2/h5H,1-4H2,(H2,7,8);1-2H3. The third-order valence-corrected chi connectivity index (χ3v) is 1.76. The average Bonchev–Trinajstić information content (AvgIpc) is 2.42. The molecule has 1 rings (SSSR count). The van der Waals surface area contributed by atoms with Crippen molar-refractivity contribution in [3.05, 3.63) is 0 Å². The summed E-state index contributed by atoms with van der Waals surface area (Å²) in [5, 5.41) is 0. The smallest absolute Gasteiger partial charge is 0.220 e. The Kier molecular flexibility index (Phi) is 4.99. The third kappa shape index (κ3) is 2.85. The van der Waals surface area contributed by atoms with Crippen LogP contribution in [0.25, 0.3) is 0 Å². The molecule has 0 radical (unpaired) electrons. The summed E-state index contributed by atoms with van der Waals surface area (Å²) in [7, 11) is 0. The molecule has 1 fully saturated rings. The Balaban J connectivity index is 0.000000371. The fraction of sp³-hybridized carbons (Fsp3) is 0.875. The summed E-state index contributed by atoms with van der Waals surface area (Å²) in [6.07, 6.45) is 4.42. The van der Waals surface area contributed by atoms with Gasteiger partial charge in [-0.05, 0) is 12.8 Å². The molecule has 0 aliphatic heterocycles. The first kappa shape index (κ1) is 9.47. The van der Waals surface area contributed by atoms with Crippen LogP contribution < -0.4 is 5.73 Å². The van der Waals surface area contributed by atoms with Gasteiger partial charge in [-0.3, -0.25) is 4.79 Å². The fourth-order valence-electron chi connectivity index (χ4n) is 1.21. The highest BCUT2D eigenvalue weighted by Gasteiger charge is 2.19. The summed E-state index contributed by atoms with van der Waals surface area (Å²) >= 11 is 0. The van der Waals surface area contributed by atoms with E-state index in [9.17, 15) is 4.79 Å². The van der Waals surface area contributed by atoms with Crippen LogP contribution in [0.5, 0.6) is 0 Å². The van der Waals surface area contributed by atoms with Gasteiger partial charge in [0.1, 0.15) is 0 Å². The molecule has 1 aliphatic carbocycles. The van der Waals surface area contributed by atoms with Crippen LogP contribution in [0.15, 0.2) is 0 Å². The zero-order valence-electron chi connectivity index (χ0n) is 6.89. The van der Waals surface area contributed by atoms with Crippen LogP contribution in [0, 0.1) is 5.92 Å². The van der Waals surface area contributed by atoms with Gasteiger partial charge >= 0.3 is 0 Å². The van der Waals surface area contributed by atoms with Crippen LogP contribution in [-0.4, -0.2) is 5.91 Å². The molecule has 0 saturated heterocycles. The van der Waals surface area contributed by atoms with E-state index in [2.05, 4.69) is 0 Å². The number of rotatable bonds is 1. The van der Waals surface area contributed by atoms with Crippen LogP contribution in [0.2, 0.25) is 0 Å². The molecular formula is C8H17NO. The summed E-state index contributed by atoms with van der Waals surface area (Å²) < 4.78 is 0. The van der Waals surface area contributed by atoms with Gasteiger partial charge in [0.2, 0.25) is 5.91 Å². The Hall–Kier alpha value is -0.530. The normalized spacial score (nSPS) is 17.8. The molecule has 0 aromatic heterocycles. The van der Waals surface area contributed by atoms with Crippen molar-refractivity contribution >= 4 is 5.91 Å². The van der Waals surface area contributed by atoms with Crippen molar-refractivity contribution in [3.8, 4) is 0 Å². The summed E-state index contributed by atoms with van der Waals surface area (Å²) in [6.45, 7) is 4.00. The molecule has 10 heavy (non-hydrogen) atoms. The molecule has 0 aromatic carbocycles. The van der Waals surface area contributed by atoms with E-state index in [1.807, 2.05) is 13.8 Å². The predicted octanol–water partition coefficient (Wildman–Crippen LogP) is 1.69. The Labute approximate surface area is 62.8 Å². The van der Waals surface area contributed by atoms with E-state index < -0.39 is 0 Å². The monoisotopic (exact) mass is 143 g/mol. The lowest BCUT2D eigenvalue weighted by atomic mass is 10.1. The van der Waals surface area contributed by atoms with Gasteiger partial charge in [-0.15, -0.1) is 0 Å². The van der Waals surface area contributed by atoms with E-state index in [1.54, 1.807) is 0 Å². The molecule has 60 valence electrons. The number of amides is 1. The van der Waals surface area contributed by atoms with Crippen LogP contribution >= 0.6 is 0 Å². The second kappa shape index (κ2) is 5.27. The minimum atomic E-state index is -0.109. The van der Waals surface area contributed by atoms with E-state index in [0.717, 1.165) is 12.8 Å². The minimum Gasteiger partial charge on any atom is -0.369 e. The molecule has 1 aliphatic rings. The van der Waals surface area contributed by atoms with Crippen molar-refractivity contribution in [2.24, 2.45) is 11.7 Å². The predicted molar refractivity (Wildman–Crippen MR) is 42.5 cm³/mol. The molecule has 0 unspecified atom stereocenters. The van der Waals surface area contributed by atoms with Crippen molar-refractivity contribution < 1.29 is 4.79 Å². The summed E-state index contributed by atoms with van der Waals surface area (Å²) in [5.74, 6) is 0.0949. The van der Waals surface area contributed by atoms with Gasteiger partial charge in [0.05, 0.1) is 0 Å². The zero-order chi connectivity index (χ0) is 7.98. The van der Waals surface area contributed by atoms with Crippen molar-refractivity contribution in [1.82, 2.24) is 0 Å². The zero-order valence-corrected chi connectivity index (χ0v) is 6.89. The number of nitrogens with two attached hydrogens (primary N) is 1. The van der Waals surface area contributed by atoms with Crippen molar-refractivity contribution in [1.29, 1.82) is 0 Å². The molecule has 0 aromatic rings. The maximum atomic E-state index is 10.4. The number of carbonyl (C=O) groups excluding carboxylic acids is 1. The number of primary amides is 1. The second-order valence-electron chi connectivity index (χ2n) is 2.38. The first-order chi connectivity index (χ1) is 4.80. The molecule has 1 amide bonds. The van der Waals surface area contributed by atoms with Crippen LogP contribution in [0.1, 0.15) is 39.5 Å². The van der Waals surface area contributed by atoms with E-state index in [4.69, 9.17) is 5.73 Å². The first-order valence-corrected chi connectivity index (χ1v) is 4.10. The lowest BCUT2D eigenvalue weighted by molar-refractivity contribution is -0.121. The average molecular weight is 143 g/mol. The quantitative estimate of drug-likeness (QED) is 0.596. The highest BCUT2D eigenvalue weighted by Crippen LogP contribution is 2.23. The SMILES string of the molecule is CC.NC(=O)C1CCCC1. The fourth-order valence-corrected chi connectivity index (χ4v) is 1.21. The third-order valence-electron chi connectivity index (χ3n) is 1.76. The first-order valence-electron chi connectivity index (χ1n) is 4.10. The molecular weight excluding hydrogens is 126 g/mol. The molecule has 0 heterocycles. The molecule has 1 saturated carbocycles. The summed E-state index contributed by atoms with van der Waals surface area (Å²) in [5.41, 5.74) is 5.06. The molecule has 0 spiro atoms. The van der Waals surface area contributed by atoms with Gasteiger partial charge in [-0.25, -0.2) is 0 Å². The Morgan fingerprint density at radius 3 is 1.90 bits per heavy atom. The maximum absolute atomic E-state index is 10.4. The Bertz CT molecular complexity index is 95.4. The molecule has 0 bridgehead atoms. The molecule has 0 atom stereocenters. The van der Waals surface area contributed by atoms with Crippen molar-refractivity contribution in [2.75, 3.05) is 0 Å². The van der Waals surface area contributed by atoms with Gasteiger partial charge in [0, 0.05) is 5.92 Å². The molecule has 2 nitrogen and oxygen atoms in total. The minimum absolute atomic E-state index is 0.109. The van der Waals surface area contributed by atoms with E-state index in [-0.39, 0.29) is 11.8 Å². The lowest BCUT2D eigenvalue weighted by Gasteiger charge is -1.98. The number of hydrogen-bond donors (Lipinski definition) is 1. The Morgan fingerprint density at radius 1 is 1.30 bits per heavy atom. The van der Waals surface area contributed by atoms with E-state index in [0.29, 0.717) is 0 Å². The Morgan fingerprint density at radius 2 is 1.70 bits per heavy atom. The highest BCUT2D eigenvalue weighted by atomic mass is 16.1. The molecule has 2 N–H and O–H groups in total. The highest BCUT2D eigenvalue weighted by molar-refractivity contribution is 5.76. The second-order valence-corrected chi connectivity index (χ2v) is 2.38. The van der Waals surface area contributed by atoms with E-state index in [1.165, 1.54) is 12.8 Å². The van der Waals surface area contributed by atoms with Crippen molar-refractivity contribution in [3.63, 3.8) is 0 Å². The van der Waals surface area contributed by atoms with Crippen molar-refractivity contribution in [2.45, 2.75) is 39.5 Å². The maximum Gasteiger partial charge on any atom is 0.220 e. The van der Waals surface area contributed by atoms with Gasteiger partial charge in [-0.2, -0.15) is 0 Å². The number of hydrogen-bond acceptors (Lipinski definition) is 1. The molecule has 2 heteroatoms. The van der Waals surface area contributed by atoms with Gasteiger partial charge in [0.15, 0.2) is 0 Å². The van der Waals surface area contributed by atoms with Gasteiger partial charge in [0.25, 0.3) is 0 Å². The van der Waals surface area contributed by atoms with Gasteiger partial charge < -0.3 is 5.73 Å². The lowest BCUT2D eigenvalue weighted by Crippen LogP contribution is -2.19. The van der Waals surface area contributed by atoms with E-state index >= 15 is 0 Å². The van der Waals surface area contributed by atoms with Gasteiger partial charge in [-0.1, -0.05) is 26.7 Å².